The Morgan fingerprint density at radius 2 is 2.11 bits per heavy atom. The highest BCUT2D eigenvalue weighted by molar-refractivity contribution is 5.92. The molecule has 3 nitrogen and oxygen atoms in total. The lowest BCUT2D eigenvalue weighted by atomic mass is 10.1. The molecule has 0 heterocycles. The summed E-state index contributed by atoms with van der Waals surface area (Å²) < 4.78 is 10.1. The van der Waals surface area contributed by atoms with Crippen LogP contribution in [0.3, 0.4) is 0 Å². The summed E-state index contributed by atoms with van der Waals surface area (Å²) in [4.78, 5) is 11.3. The monoisotopic (exact) mass is 256 g/mol. The maximum absolute atomic E-state index is 11.3. The summed E-state index contributed by atoms with van der Waals surface area (Å²) in [7, 11) is 1.66. The first-order chi connectivity index (χ1) is 9.24. The van der Waals surface area contributed by atoms with Crippen LogP contribution in [-0.2, 0) is 9.53 Å². The molecule has 0 aromatic heterocycles. The van der Waals surface area contributed by atoms with Crippen LogP contribution in [0.4, 0.5) is 0 Å². The zero-order valence-electron chi connectivity index (χ0n) is 11.1. The molecule has 0 bridgehead atoms. The normalized spacial score (nSPS) is 10.8. The molecule has 0 N–H and O–H groups in total. The first-order valence-corrected chi connectivity index (χ1v) is 6.16. The molecular weight excluding hydrogens is 240 g/mol. The molecule has 0 aliphatic heterocycles. The number of ether oxygens (including phenoxy) is 2. The fourth-order valence-electron chi connectivity index (χ4n) is 1.91. The van der Waals surface area contributed by atoms with Crippen molar-refractivity contribution >= 4 is 22.8 Å². The molecule has 0 atom stereocenters. The van der Waals surface area contributed by atoms with Gasteiger partial charge in [-0.2, -0.15) is 0 Å². The summed E-state index contributed by atoms with van der Waals surface area (Å²) in [6.45, 7) is 2.17. The van der Waals surface area contributed by atoms with Crippen molar-refractivity contribution in [2.24, 2.45) is 0 Å². The molecule has 2 rings (SSSR count). The third kappa shape index (κ3) is 3.13. The van der Waals surface area contributed by atoms with Crippen molar-refractivity contribution < 1.29 is 14.3 Å². The molecule has 0 aliphatic rings. The van der Waals surface area contributed by atoms with Crippen molar-refractivity contribution in [3.05, 3.63) is 48.0 Å². The maximum Gasteiger partial charge on any atom is 0.330 e. The van der Waals surface area contributed by atoms with E-state index in [0.717, 1.165) is 22.1 Å². The van der Waals surface area contributed by atoms with Crippen LogP contribution >= 0.6 is 0 Å². The predicted molar refractivity (Wildman–Crippen MR) is 76.2 cm³/mol. The summed E-state index contributed by atoms with van der Waals surface area (Å²) in [5.41, 5.74) is 0.953. The minimum absolute atomic E-state index is 0.326. The molecule has 2 aromatic rings. The van der Waals surface area contributed by atoms with Crippen molar-refractivity contribution in [3.8, 4) is 5.75 Å². The quantitative estimate of drug-likeness (QED) is 0.621. The van der Waals surface area contributed by atoms with Gasteiger partial charge in [0.25, 0.3) is 0 Å². The van der Waals surface area contributed by atoms with Crippen LogP contribution in [0.1, 0.15) is 12.5 Å². The average Bonchev–Trinajstić information content (AvgIpc) is 2.44. The molecule has 0 fully saturated rings. The molecule has 2 aromatic carbocycles. The van der Waals surface area contributed by atoms with Crippen LogP contribution in [0.5, 0.6) is 5.75 Å². The van der Waals surface area contributed by atoms with Crippen LogP contribution in [0.15, 0.2) is 42.5 Å². The van der Waals surface area contributed by atoms with Gasteiger partial charge < -0.3 is 9.47 Å². The average molecular weight is 256 g/mol. The van der Waals surface area contributed by atoms with Crippen molar-refractivity contribution in [1.29, 1.82) is 0 Å². The van der Waals surface area contributed by atoms with Gasteiger partial charge in [0, 0.05) is 11.5 Å². The Hall–Kier alpha value is -2.29. The number of rotatable bonds is 4. The van der Waals surface area contributed by atoms with E-state index in [1.54, 1.807) is 20.1 Å². The molecule has 19 heavy (non-hydrogen) atoms. The summed E-state index contributed by atoms with van der Waals surface area (Å²) >= 11 is 0. The Morgan fingerprint density at radius 3 is 2.84 bits per heavy atom. The van der Waals surface area contributed by atoms with E-state index in [0.29, 0.717) is 6.61 Å². The Bertz CT molecular complexity index is 614. The van der Waals surface area contributed by atoms with Gasteiger partial charge in [0.05, 0.1) is 13.7 Å². The van der Waals surface area contributed by atoms with Crippen LogP contribution in [0.25, 0.3) is 16.8 Å². The lowest BCUT2D eigenvalue weighted by Crippen LogP contribution is -1.98. The van der Waals surface area contributed by atoms with E-state index in [9.17, 15) is 4.79 Å². The fraction of sp³-hybridized carbons (Fsp3) is 0.188. The number of hydrogen-bond acceptors (Lipinski definition) is 3. The van der Waals surface area contributed by atoms with Gasteiger partial charge in [-0.3, -0.25) is 0 Å². The number of hydrogen-bond donors (Lipinski definition) is 0. The standard InChI is InChI=1S/C16H16O3/c1-3-19-16(17)10-8-12-7-9-14-13(11-12)5-4-6-15(14)18-2/h4-11H,3H2,1-2H3. The topological polar surface area (TPSA) is 35.5 Å². The second-order valence-electron chi connectivity index (χ2n) is 4.03. The molecule has 98 valence electrons. The van der Waals surface area contributed by atoms with E-state index in [-0.39, 0.29) is 5.97 Å². The van der Waals surface area contributed by atoms with Gasteiger partial charge in [0.1, 0.15) is 5.75 Å². The largest absolute Gasteiger partial charge is 0.496 e. The van der Waals surface area contributed by atoms with Gasteiger partial charge >= 0.3 is 5.97 Å². The molecule has 0 saturated heterocycles. The Labute approximate surface area is 112 Å². The lowest BCUT2D eigenvalue weighted by molar-refractivity contribution is -0.137. The number of methoxy groups -OCH3 is 1. The van der Waals surface area contributed by atoms with E-state index in [1.807, 2.05) is 36.4 Å². The van der Waals surface area contributed by atoms with Gasteiger partial charge in [-0.15, -0.1) is 0 Å². The van der Waals surface area contributed by atoms with E-state index >= 15 is 0 Å². The van der Waals surface area contributed by atoms with Crippen LogP contribution in [0.2, 0.25) is 0 Å². The molecule has 3 heteroatoms. The Kier molecular flexibility index (Phi) is 4.18. The molecule has 0 amide bonds. The number of benzene rings is 2. The van der Waals surface area contributed by atoms with E-state index in [1.165, 1.54) is 6.08 Å². The van der Waals surface area contributed by atoms with Gasteiger partial charge in [-0.05, 0) is 36.1 Å². The van der Waals surface area contributed by atoms with Crippen LogP contribution < -0.4 is 4.74 Å². The first kappa shape index (κ1) is 13.1. The number of carbonyl (C=O) groups excluding carboxylic acids is 1. The second-order valence-corrected chi connectivity index (χ2v) is 4.03. The Morgan fingerprint density at radius 1 is 1.26 bits per heavy atom. The molecule has 0 spiro atoms. The fourth-order valence-corrected chi connectivity index (χ4v) is 1.91. The smallest absolute Gasteiger partial charge is 0.330 e. The summed E-state index contributed by atoms with van der Waals surface area (Å²) in [5.74, 6) is 0.520. The summed E-state index contributed by atoms with van der Waals surface area (Å²) in [6, 6.07) is 11.8. The zero-order valence-corrected chi connectivity index (χ0v) is 11.1. The van der Waals surface area contributed by atoms with E-state index in [4.69, 9.17) is 9.47 Å². The van der Waals surface area contributed by atoms with Crippen molar-refractivity contribution in [2.45, 2.75) is 6.92 Å². The van der Waals surface area contributed by atoms with Crippen LogP contribution in [-0.4, -0.2) is 19.7 Å². The molecular formula is C16H16O3. The van der Waals surface area contributed by atoms with E-state index in [2.05, 4.69) is 0 Å². The SMILES string of the molecule is CCOC(=O)C=Cc1ccc2c(OC)cccc2c1. The maximum atomic E-state index is 11.3. The highest BCUT2D eigenvalue weighted by Gasteiger charge is 2.01. The minimum atomic E-state index is -0.326. The number of carbonyl (C=O) groups is 1. The molecule has 0 saturated carbocycles. The van der Waals surface area contributed by atoms with Crippen molar-refractivity contribution in [3.63, 3.8) is 0 Å². The molecule has 0 radical (unpaired) electrons. The molecule has 0 unspecified atom stereocenters. The predicted octanol–water partition coefficient (Wildman–Crippen LogP) is 3.42. The highest BCUT2D eigenvalue weighted by atomic mass is 16.5. The number of esters is 1. The van der Waals surface area contributed by atoms with Crippen molar-refractivity contribution in [1.82, 2.24) is 0 Å². The van der Waals surface area contributed by atoms with Gasteiger partial charge in [0.15, 0.2) is 0 Å². The Balaban J connectivity index is 2.30. The summed E-state index contributed by atoms with van der Waals surface area (Å²) in [6.07, 6.45) is 3.18. The lowest BCUT2D eigenvalue weighted by Gasteiger charge is -2.05. The highest BCUT2D eigenvalue weighted by Crippen LogP contribution is 2.26. The zero-order chi connectivity index (χ0) is 13.7. The number of fused-ring (bicyclic) bond motifs is 1. The second kappa shape index (κ2) is 6.05. The van der Waals surface area contributed by atoms with Gasteiger partial charge in [-0.25, -0.2) is 4.79 Å². The van der Waals surface area contributed by atoms with Crippen LogP contribution in [0, 0.1) is 0 Å². The summed E-state index contributed by atoms with van der Waals surface area (Å²) in [5, 5.41) is 2.13. The van der Waals surface area contributed by atoms with E-state index < -0.39 is 0 Å². The first-order valence-electron chi connectivity index (χ1n) is 6.16. The third-order valence-electron chi connectivity index (χ3n) is 2.78. The molecule has 0 aliphatic carbocycles. The minimum Gasteiger partial charge on any atom is -0.496 e. The van der Waals surface area contributed by atoms with Gasteiger partial charge in [-0.1, -0.05) is 24.3 Å². The van der Waals surface area contributed by atoms with Crippen molar-refractivity contribution in [2.75, 3.05) is 13.7 Å². The van der Waals surface area contributed by atoms with Gasteiger partial charge in [0.2, 0.25) is 0 Å². The third-order valence-corrected chi connectivity index (χ3v) is 2.78.